The van der Waals surface area contributed by atoms with Gasteiger partial charge < -0.3 is 24.3 Å². The fourth-order valence-corrected chi connectivity index (χ4v) is 3.28. The van der Waals surface area contributed by atoms with Gasteiger partial charge >= 0.3 is 11.9 Å². The van der Waals surface area contributed by atoms with Gasteiger partial charge in [-0.05, 0) is 31.5 Å². The van der Waals surface area contributed by atoms with Crippen molar-refractivity contribution in [3.05, 3.63) is 35.0 Å². The number of hydrogen-bond donors (Lipinski definition) is 1. The number of rotatable bonds is 5. The Morgan fingerprint density at radius 3 is 2.67 bits per heavy atom. The van der Waals surface area contributed by atoms with E-state index in [9.17, 15) is 14.4 Å². The first-order valence-electron chi connectivity index (χ1n) is 8.42. The lowest BCUT2D eigenvalue weighted by atomic mass is 9.82. The van der Waals surface area contributed by atoms with Crippen LogP contribution in [-0.4, -0.2) is 44.3 Å². The highest BCUT2D eigenvalue weighted by Gasteiger charge is 2.47. The molecule has 1 aromatic carbocycles. The Balaban J connectivity index is 1.96. The largest absolute Gasteiger partial charge is 0.493 e. The van der Waals surface area contributed by atoms with Gasteiger partial charge in [-0.2, -0.15) is 0 Å². The van der Waals surface area contributed by atoms with E-state index >= 15 is 0 Å². The zero-order valence-electron chi connectivity index (χ0n) is 15.6. The molecule has 0 aromatic heterocycles. The van der Waals surface area contributed by atoms with Gasteiger partial charge in [0, 0.05) is 12.3 Å². The zero-order chi connectivity index (χ0) is 19.8. The summed E-state index contributed by atoms with van der Waals surface area (Å²) in [4.78, 5) is 35.9. The number of cyclic esters (lactones) is 1. The van der Waals surface area contributed by atoms with Gasteiger partial charge in [-0.3, -0.25) is 4.79 Å². The third kappa shape index (κ3) is 3.47. The molecular weight excluding hydrogens is 354 g/mol. The highest BCUT2D eigenvalue weighted by atomic mass is 16.6. The minimum Gasteiger partial charge on any atom is -0.493 e. The Morgan fingerprint density at radius 1 is 1.26 bits per heavy atom. The maximum absolute atomic E-state index is 12.4. The van der Waals surface area contributed by atoms with Crippen molar-refractivity contribution in [1.82, 2.24) is 5.32 Å². The van der Waals surface area contributed by atoms with Gasteiger partial charge in [0.1, 0.15) is 5.60 Å². The van der Waals surface area contributed by atoms with Crippen LogP contribution in [0.1, 0.15) is 31.7 Å². The first-order valence-corrected chi connectivity index (χ1v) is 8.42. The lowest BCUT2D eigenvalue weighted by Crippen LogP contribution is -2.38. The van der Waals surface area contributed by atoms with E-state index in [2.05, 4.69) is 10.1 Å². The molecule has 1 N–H and O–H groups in total. The first-order chi connectivity index (χ1) is 12.8. The predicted molar refractivity (Wildman–Crippen MR) is 93.2 cm³/mol. The molecule has 2 aliphatic heterocycles. The molecule has 0 bridgehead atoms. The smallest absolute Gasteiger partial charge is 0.343 e. The molecule has 8 heteroatoms. The molecule has 0 aliphatic carbocycles. The van der Waals surface area contributed by atoms with Crippen LogP contribution in [0.3, 0.4) is 0 Å². The highest BCUT2D eigenvalue weighted by Crippen LogP contribution is 2.44. The van der Waals surface area contributed by atoms with Crippen LogP contribution in [0.25, 0.3) is 0 Å². The maximum Gasteiger partial charge on any atom is 0.343 e. The Bertz CT molecular complexity index is 840. The van der Waals surface area contributed by atoms with E-state index in [4.69, 9.17) is 14.2 Å². The number of benzene rings is 1. The van der Waals surface area contributed by atoms with E-state index in [-0.39, 0.29) is 18.9 Å². The lowest BCUT2D eigenvalue weighted by Gasteiger charge is -2.27. The van der Waals surface area contributed by atoms with E-state index in [1.165, 1.54) is 14.2 Å². The van der Waals surface area contributed by atoms with Gasteiger partial charge in [0.25, 0.3) is 0 Å². The van der Waals surface area contributed by atoms with Crippen LogP contribution >= 0.6 is 0 Å². The Labute approximate surface area is 156 Å². The minimum absolute atomic E-state index is 0.121. The number of hydrogen-bond acceptors (Lipinski definition) is 7. The molecule has 144 valence electrons. The van der Waals surface area contributed by atoms with Gasteiger partial charge in [0.15, 0.2) is 18.1 Å². The maximum atomic E-state index is 12.4. The van der Waals surface area contributed by atoms with Crippen LogP contribution in [0.2, 0.25) is 0 Å². The lowest BCUT2D eigenvalue weighted by molar-refractivity contribution is -0.145. The Hall–Kier alpha value is -3.03. The molecule has 2 heterocycles. The fraction of sp³-hybridized carbons (Fsp3) is 0.421. The second-order valence-corrected chi connectivity index (χ2v) is 6.77. The molecule has 1 atom stereocenters. The molecule has 0 saturated heterocycles. The molecule has 1 amide bonds. The Kier molecular flexibility index (Phi) is 4.82. The van der Waals surface area contributed by atoms with Crippen molar-refractivity contribution in [2.75, 3.05) is 20.8 Å². The van der Waals surface area contributed by atoms with Crippen molar-refractivity contribution < 1.29 is 33.3 Å². The van der Waals surface area contributed by atoms with Crippen LogP contribution in [-0.2, 0) is 23.9 Å². The van der Waals surface area contributed by atoms with Gasteiger partial charge in [-0.15, -0.1) is 0 Å². The number of nitrogens with one attached hydrogen (secondary N) is 1. The van der Waals surface area contributed by atoms with E-state index in [0.717, 1.165) is 0 Å². The average Bonchev–Trinajstić information content (AvgIpc) is 2.87. The number of carbonyl (C=O) groups excluding carboxylic acids is 3. The Morgan fingerprint density at radius 2 is 2.00 bits per heavy atom. The molecule has 0 spiro atoms. The van der Waals surface area contributed by atoms with Crippen molar-refractivity contribution in [3.8, 4) is 11.5 Å². The third-order valence-corrected chi connectivity index (χ3v) is 4.60. The van der Waals surface area contributed by atoms with Crippen LogP contribution in [0.15, 0.2) is 29.5 Å². The molecule has 0 fully saturated rings. The monoisotopic (exact) mass is 375 g/mol. The molecular formula is C19H21NO7. The molecule has 27 heavy (non-hydrogen) atoms. The summed E-state index contributed by atoms with van der Waals surface area (Å²) < 4.78 is 20.7. The summed E-state index contributed by atoms with van der Waals surface area (Å²) in [6, 6.07) is 5.07. The molecule has 2 aliphatic rings. The van der Waals surface area contributed by atoms with E-state index < -0.39 is 23.5 Å². The number of carbonyl (C=O) groups is 3. The predicted octanol–water partition coefficient (Wildman–Crippen LogP) is 1.44. The van der Waals surface area contributed by atoms with Crippen LogP contribution in [0, 0.1) is 0 Å². The summed E-state index contributed by atoms with van der Waals surface area (Å²) >= 11 is 0. The van der Waals surface area contributed by atoms with Crippen molar-refractivity contribution in [2.24, 2.45) is 0 Å². The molecule has 0 radical (unpaired) electrons. The normalized spacial score (nSPS) is 20.5. The van der Waals surface area contributed by atoms with Gasteiger partial charge in [-0.1, -0.05) is 6.07 Å². The number of esters is 2. The summed E-state index contributed by atoms with van der Waals surface area (Å²) in [6.45, 7) is 3.22. The number of methoxy groups -OCH3 is 2. The SMILES string of the molecule is COC(=O)COc1ccc([C@@H]2CC(=O)NC3=C2C(=O)OC3(C)C)cc1OC. The van der Waals surface area contributed by atoms with Crippen molar-refractivity contribution in [2.45, 2.75) is 31.8 Å². The summed E-state index contributed by atoms with van der Waals surface area (Å²) in [5, 5.41) is 2.77. The summed E-state index contributed by atoms with van der Waals surface area (Å²) in [5.41, 5.74) is 0.784. The quantitative estimate of drug-likeness (QED) is 0.777. The standard InChI is InChI=1S/C19H21NO7/c1-19(2)17-16(18(23)27-19)11(8-14(21)20-17)10-5-6-12(13(7-10)24-3)26-9-15(22)25-4/h5-7,11H,8-9H2,1-4H3,(H,20,21)/t11-/m0/s1. The second-order valence-electron chi connectivity index (χ2n) is 6.77. The summed E-state index contributed by atoms with van der Waals surface area (Å²) in [5.74, 6) is -0.854. The minimum atomic E-state index is -0.881. The topological polar surface area (TPSA) is 100 Å². The van der Waals surface area contributed by atoms with Crippen LogP contribution in [0.5, 0.6) is 11.5 Å². The van der Waals surface area contributed by atoms with Crippen molar-refractivity contribution >= 4 is 17.8 Å². The highest BCUT2D eigenvalue weighted by molar-refractivity contribution is 5.99. The number of amides is 1. The number of ether oxygens (including phenoxy) is 4. The fourth-order valence-electron chi connectivity index (χ4n) is 3.28. The summed E-state index contributed by atoms with van der Waals surface area (Å²) in [7, 11) is 2.74. The molecule has 0 saturated carbocycles. The van der Waals surface area contributed by atoms with Gasteiger partial charge in [0.05, 0.1) is 25.5 Å². The molecule has 3 rings (SSSR count). The molecule has 0 unspecified atom stereocenters. The third-order valence-electron chi connectivity index (χ3n) is 4.60. The van der Waals surface area contributed by atoms with Crippen LogP contribution in [0.4, 0.5) is 0 Å². The van der Waals surface area contributed by atoms with Gasteiger partial charge in [0.2, 0.25) is 5.91 Å². The van der Waals surface area contributed by atoms with E-state index in [1.54, 1.807) is 32.0 Å². The molecule has 1 aromatic rings. The van der Waals surface area contributed by atoms with Gasteiger partial charge in [-0.25, -0.2) is 9.59 Å². The van der Waals surface area contributed by atoms with Crippen molar-refractivity contribution in [3.63, 3.8) is 0 Å². The summed E-state index contributed by atoms with van der Waals surface area (Å²) in [6.07, 6.45) is 0.121. The average molecular weight is 375 g/mol. The van der Waals surface area contributed by atoms with E-state index in [0.29, 0.717) is 28.3 Å². The van der Waals surface area contributed by atoms with Crippen molar-refractivity contribution in [1.29, 1.82) is 0 Å². The zero-order valence-corrected chi connectivity index (χ0v) is 15.6. The molecule has 8 nitrogen and oxygen atoms in total. The van der Waals surface area contributed by atoms with E-state index in [1.807, 2.05) is 0 Å². The van der Waals surface area contributed by atoms with Crippen LogP contribution < -0.4 is 14.8 Å². The second kappa shape index (κ2) is 6.94. The first kappa shape index (κ1) is 18.8.